The van der Waals surface area contributed by atoms with E-state index in [0.29, 0.717) is 37.3 Å². The van der Waals surface area contributed by atoms with E-state index in [9.17, 15) is 19.5 Å². The third-order valence-electron chi connectivity index (χ3n) is 10.4. The molecule has 1 aliphatic carbocycles. The number of amides is 3. The predicted molar refractivity (Wildman–Crippen MR) is 155 cm³/mol. The second kappa shape index (κ2) is 11.9. The molecular formula is C32H47N3O6. The molecule has 1 saturated carbocycles. The van der Waals surface area contributed by atoms with Crippen molar-refractivity contribution in [2.45, 2.75) is 115 Å². The number of aliphatic hydroxyl groups excluding tert-OH is 1. The van der Waals surface area contributed by atoms with E-state index in [1.54, 1.807) is 29.2 Å². The van der Waals surface area contributed by atoms with E-state index in [1.807, 2.05) is 27.7 Å². The van der Waals surface area contributed by atoms with Gasteiger partial charge in [0.15, 0.2) is 0 Å². The number of ether oxygens (including phenoxy) is 2. The maximum atomic E-state index is 14.5. The molecular weight excluding hydrogens is 522 g/mol. The number of benzene rings is 1. The standard InChI is InChI=1S/C32H47N3O6/c1-5-20(4)24(19-36)35-27(29(38)34-21-11-9-8-10-12-21)32-18-17-31(6-2,41-32)25(26(32)30(35)39)28(37)33-22-13-15-23(16-14-22)40-7-3/h13-16,20-21,24-27,36H,5-12,17-19H2,1-4H3,(H,33,37)(H,34,38)/t20-,24-,25-,26-,27?,31+,32?/m0/s1. The molecule has 5 rings (SSSR count). The normalized spacial score (nSPS) is 32.5. The van der Waals surface area contributed by atoms with Crippen LogP contribution < -0.4 is 15.4 Å². The third-order valence-corrected chi connectivity index (χ3v) is 10.4. The van der Waals surface area contributed by atoms with Gasteiger partial charge in [-0.25, -0.2) is 0 Å². The molecule has 3 amide bonds. The zero-order chi connectivity index (χ0) is 29.4. The van der Waals surface area contributed by atoms with Crippen LogP contribution in [0.15, 0.2) is 24.3 Å². The van der Waals surface area contributed by atoms with E-state index in [0.717, 1.165) is 32.1 Å². The molecule has 3 saturated heterocycles. The topological polar surface area (TPSA) is 117 Å². The van der Waals surface area contributed by atoms with Gasteiger partial charge in [-0.1, -0.05) is 46.5 Å². The number of nitrogens with zero attached hydrogens (tertiary/aromatic N) is 1. The molecule has 4 fully saturated rings. The van der Waals surface area contributed by atoms with E-state index in [1.165, 1.54) is 6.42 Å². The number of aliphatic hydroxyl groups is 1. The molecule has 9 nitrogen and oxygen atoms in total. The summed E-state index contributed by atoms with van der Waals surface area (Å²) in [6.45, 7) is 8.22. The van der Waals surface area contributed by atoms with Crippen molar-refractivity contribution in [1.82, 2.24) is 10.2 Å². The number of hydrogen-bond donors (Lipinski definition) is 3. The molecule has 9 heteroatoms. The first-order valence-electron chi connectivity index (χ1n) is 15.7. The number of hydrogen-bond acceptors (Lipinski definition) is 6. The Bertz CT molecular complexity index is 1120. The van der Waals surface area contributed by atoms with Crippen LogP contribution in [0.4, 0.5) is 5.69 Å². The molecule has 1 aromatic carbocycles. The minimum Gasteiger partial charge on any atom is -0.494 e. The van der Waals surface area contributed by atoms with Crippen LogP contribution in [0.3, 0.4) is 0 Å². The van der Waals surface area contributed by atoms with Crippen LogP contribution in [0.1, 0.15) is 85.5 Å². The Hall–Kier alpha value is -2.65. The number of likely N-dealkylation sites (tertiary alicyclic amines) is 1. The Morgan fingerprint density at radius 3 is 2.41 bits per heavy atom. The van der Waals surface area contributed by atoms with Gasteiger partial charge in [0.2, 0.25) is 17.7 Å². The zero-order valence-electron chi connectivity index (χ0n) is 25.0. The minimum absolute atomic E-state index is 0.0300. The first-order chi connectivity index (χ1) is 19.7. The van der Waals surface area contributed by atoms with Crippen molar-refractivity contribution < 1.29 is 29.0 Å². The van der Waals surface area contributed by atoms with Crippen molar-refractivity contribution in [3.8, 4) is 5.75 Å². The SMILES string of the molecule is CCOc1ccc(NC(=O)[C@@H]2[C@H]3C(=O)N([C@@H](CO)[C@@H](C)CC)C(C(=O)NC4CCCCC4)C34CC[C@@]2(CC)O4)cc1. The monoisotopic (exact) mass is 569 g/mol. The van der Waals surface area contributed by atoms with E-state index in [4.69, 9.17) is 9.47 Å². The number of rotatable bonds is 11. The zero-order valence-corrected chi connectivity index (χ0v) is 25.0. The average Bonchev–Trinajstić information content (AvgIpc) is 3.59. The van der Waals surface area contributed by atoms with Crippen molar-refractivity contribution in [3.05, 3.63) is 24.3 Å². The summed E-state index contributed by atoms with van der Waals surface area (Å²) < 4.78 is 12.4. The molecule has 2 bridgehead atoms. The van der Waals surface area contributed by atoms with Crippen molar-refractivity contribution in [2.24, 2.45) is 17.8 Å². The molecule has 0 aromatic heterocycles. The number of fused-ring (bicyclic) bond motifs is 1. The van der Waals surface area contributed by atoms with Crippen molar-refractivity contribution in [1.29, 1.82) is 0 Å². The Balaban J connectivity index is 1.50. The number of carbonyl (C=O) groups excluding carboxylic acids is 3. The lowest BCUT2D eigenvalue weighted by molar-refractivity contribution is -0.152. The van der Waals surface area contributed by atoms with Gasteiger partial charge in [-0.05, 0) is 69.2 Å². The molecule has 2 unspecified atom stereocenters. The van der Waals surface area contributed by atoms with Gasteiger partial charge in [-0.3, -0.25) is 14.4 Å². The summed E-state index contributed by atoms with van der Waals surface area (Å²) in [4.78, 5) is 44.4. The van der Waals surface area contributed by atoms with Crippen LogP contribution in [-0.4, -0.2) is 70.3 Å². The molecule has 4 aliphatic rings. The summed E-state index contributed by atoms with van der Waals surface area (Å²) in [5, 5.41) is 16.8. The number of carbonyl (C=O) groups is 3. The van der Waals surface area contributed by atoms with Crippen LogP contribution in [0.2, 0.25) is 0 Å². The van der Waals surface area contributed by atoms with Gasteiger partial charge in [-0.15, -0.1) is 0 Å². The van der Waals surface area contributed by atoms with Crippen LogP contribution in [0.25, 0.3) is 0 Å². The van der Waals surface area contributed by atoms with Gasteiger partial charge in [0.25, 0.3) is 0 Å². The van der Waals surface area contributed by atoms with Gasteiger partial charge < -0.3 is 30.1 Å². The van der Waals surface area contributed by atoms with Crippen LogP contribution in [0, 0.1) is 17.8 Å². The molecule has 3 N–H and O–H groups in total. The molecule has 1 aromatic rings. The Kier molecular flexibility index (Phi) is 8.67. The molecule has 1 spiro atoms. The van der Waals surface area contributed by atoms with E-state index in [-0.39, 0.29) is 36.3 Å². The molecule has 0 radical (unpaired) electrons. The quantitative estimate of drug-likeness (QED) is 0.371. The average molecular weight is 570 g/mol. The smallest absolute Gasteiger partial charge is 0.246 e. The summed E-state index contributed by atoms with van der Waals surface area (Å²) >= 11 is 0. The highest BCUT2D eigenvalue weighted by Gasteiger charge is 2.79. The Labute approximate surface area is 243 Å². The second-order valence-corrected chi connectivity index (χ2v) is 12.5. The third kappa shape index (κ3) is 5.03. The van der Waals surface area contributed by atoms with E-state index < -0.39 is 35.1 Å². The van der Waals surface area contributed by atoms with E-state index in [2.05, 4.69) is 10.6 Å². The minimum atomic E-state index is -1.10. The van der Waals surface area contributed by atoms with Gasteiger partial charge in [-0.2, -0.15) is 0 Å². The fraction of sp³-hybridized carbons (Fsp3) is 0.719. The fourth-order valence-corrected chi connectivity index (χ4v) is 8.07. The van der Waals surface area contributed by atoms with Gasteiger partial charge in [0.05, 0.1) is 36.7 Å². The highest BCUT2D eigenvalue weighted by Crippen LogP contribution is 2.64. The first kappa shape index (κ1) is 29.8. The van der Waals surface area contributed by atoms with Gasteiger partial charge >= 0.3 is 0 Å². The summed E-state index contributed by atoms with van der Waals surface area (Å²) in [5.74, 6) is -1.59. The largest absolute Gasteiger partial charge is 0.494 e. The first-order valence-corrected chi connectivity index (χ1v) is 15.7. The Morgan fingerprint density at radius 1 is 1.10 bits per heavy atom. The van der Waals surface area contributed by atoms with Crippen LogP contribution >= 0.6 is 0 Å². The Morgan fingerprint density at radius 2 is 1.80 bits per heavy atom. The van der Waals surface area contributed by atoms with Crippen molar-refractivity contribution in [3.63, 3.8) is 0 Å². The van der Waals surface area contributed by atoms with Gasteiger partial charge in [0, 0.05) is 11.7 Å². The molecule has 226 valence electrons. The van der Waals surface area contributed by atoms with Crippen molar-refractivity contribution >= 4 is 23.4 Å². The number of nitrogens with one attached hydrogen (secondary N) is 2. The fourth-order valence-electron chi connectivity index (χ4n) is 8.07. The predicted octanol–water partition coefficient (Wildman–Crippen LogP) is 4.03. The maximum absolute atomic E-state index is 14.5. The lowest BCUT2D eigenvalue weighted by Gasteiger charge is -2.40. The molecule has 3 heterocycles. The highest BCUT2D eigenvalue weighted by molar-refractivity contribution is 6.02. The van der Waals surface area contributed by atoms with Crippen molar-refractivity contribution in [2.75, 3.05) is 18.5 Å². The summed E-state index contributed by atoms with van der Waals surface area (Å²) in [6, 6.07) is 5.84. The summed E-state index contributed by atoms with van der Waals surface area (Å²) in [6.07, 6.45) is 7.58. The molecule has 3 aliphatic heterocycles. The van der Waals surface area contributed by atoms with Gasteiger partial charge in [0.1, 0.15) is 17.4 Å². The highest BCUT2D eigenvalue weighted by atomic mass is 16.5. The van der Waals surface area contributed by atoms with E-state index >= 15 is 0 Å². The van der Waals surface area contributed by atoms with Crippen LogP contribution in [-0.2, 0) is 19.1 Å². The lowest BCUT2D eigenvalue weighted by atomic mass is 9.65. The lowest BCUT2D eigenvalue weighted by Crippen LogP contribution is -2.60. The number of anilines is 1. The summed E-state index contributed by atoms with van der Waals surface area (Å²) in [7, 11) is 0. The van der Waals surface area contributed by atoms with Crippen LogP contribution in [0.5, 0.6) is 5.75 Å². The molecule has 41 heavy (non-hydrogen) atoms. The molecule has 7 atom stereocenters. The maximum Gasteiger partial charge on any atom is 0.246 e. The second-order valence-electron chi connectivity index (χ2n) is 12.5. The summed E-state index contributed by atoms with van der Waals surface area (Å²) in [5.41, 5.74) is -1.31.